The maximum Gasteiger partial charge on any atom is 0.254 e. The van der Waals surface area contributed by atoms with E-state index in [9.17, 15) is 4.79 Å². The van der Waals surface area contributed by atoms with Crippen molar-refractivity contribution < 1.29 is 14.3 Å². The lowest BCUT2D eigenvalue weighted by Crippen LogP contribution is -2.39. The third-order valence-electron chi connectivity index (χ3n) is 5.48. The summed E-state index contributed by atoms with van der Waals surface area (Å²) in [5.41, 5.74) is 0.634. The number of carbonyl (C=O) groups excluding carboxylic acids is 1. The van der Waals surface area contributed by atoms with Crippen molar-refractivity contribution in [3.05, 3.63) is 35.9 Å². The van der Waals surface area contributed by atoms with Crippen molar-refractivity contribution in [2.45, 2.75) is 44.7 Å². The van der Waals surface area contributed by atoms with Gasteiger partial charge in [0, 0.05) is 18.7 Å². The zero-order chi connectivity index (χ0) is 17.5. The number of fused-ring (bicyclic) bond motifs is 1. The Morgan fingerprint density at radius 3 is 2.92 bits per heavy atom. The lowest BCUT2D eigenvalue weighted by atomic mass is 9.99. The predicted molar refractivity (Wildman–Crippen MR) is 92.9 cm³/mol. The third kappa shape index (κ3) is 2.81. The number of amides is 1. The molecular weight excluding hydrogens is 332 g/mol. The van der Waals surface area contributed by atoms with Gasteiger partial charge in [-0.15, -0.1) is 10.2 Å². The van der Waals surface area contributed by atoms with E-state index in [0.29, 0.717) is 17.1 Å². The molecule has 7 nitrogen and oxygen atoms in total. The van der Waals surface area contributed by atoms with Crippen molar-refractivity contribution in [3.63, 3.8) is 0 Å². The summed E-state index contributed by atoms with van der Waals surface area (Å²) in [6.07, 6.45) is 7.42. The highest BCUT2D eigenvalue weighted by atomic mass is 16.7. The van der Waals surface area contributed by atoms with Crippen LogP contribution in [0.2, 0.25) is 0 Å². The van der Waals surface area contributed by atoms with Gasteiger partial charge < -0.3 is 18.9 Å². The van der Waals surface area contributed by atoms with E-state index in [4.69, 9.17) is 9.47 Å². The molecule has 3 heterocycles. The zero-order valence-electron chi connectivity index (χ0n) is 14.6. The Morgan fingerprint density at radius 1 is 1.15 bits per heavy atom. The summed E-state index contributed by atoms with van der Waals surface area (Å²) in [6.45, 7) is 1.92. The van der Waals surface area contributed by atoms with Crippen LogP contribution in [0.5, 0.6) is 11.5 Å². The molecule has 1 aliphatic carbocycles. The first-order valence-corrected chi connectivity index (χ1v) is 9.38. The average Bonchev–Trinajstić information content (AvgIpc) is 3.17. The molecule has 2 aliphatic heterocycles. The summed E-state index contributed by atoms with van der Waals surface area (Å²) in [5, 5.41) is 8.51. The lowest BCUT2D eigenvalue weighted by Gasteiger charge is -2.35. The maximum absolute atomic E-state index is 13.2. The predicted octanol–water partition coefficient (Wildman–Crippen LogP) is 2.78. The van der Waals surface area contributed by atoms with Gasteiger partial charge in [-0.25, -0.2) is 0 Å². The van der Waals surface area contributed by atoms with Gasteiger partial charge in [0.25, 0.3) is 5.91 Å². The molecule has 1 saturated carbocycles. The van der Waals surface area contributed by atoms with Gasteiger partial charge in [0.1, 0.15) is 6.33 Å². The number of rotatable bonds is 4. The highest BCUT2D eigenvalue weighted by Gasteiger charge is 2.33. The molecule has 0 radical (unpaired) electrons. The average molecular weight is 354 g/mol. The van der Waals surface area contributed by atoms with Crippen LogP contribution in [0.4, 0.5) is 0 Å². The molecule has 26 heavy (non-hydrogen) atoms. The number of ether oxygens (including phenoxy) is 2. The first-order chi connectivity index (χ1) is 12.8. The van der Waals surface area contributed by atoms with Gasteiger partial charge >= 0.3 is 0 Å². The van der Waals surface area contributed by atoms with Crippen LogP contribution in [0.25, 0.3) is 0 Å². The first kappa shape index (κ1) is 15.7. The Balaban J connectivity index is 1.42. The number of hydrogen-bond acceptors (Lipinski definition) is 5. The summed E-state index contributed by atoms with van der Waals surface area (Å²) in [7, 11) is 0. The Bertz CT molecular complexity index is 830. The molecule has 0 bridgehead atoms. The number of nitrogens with zero attached hydrogens (tertiary/aromatic N) is 4. The van der Waals surface area contributed by atoms with Crippen molar-refractivity contribution in [2.24, 2.45) is 5.92 Å². The molecule has 0 N–H and O–H groups in total. The van der Waals surface area contributed by atoms with Gasteiger partial charge in [0.15, 0.2) is 17.3 Å². The minimum atomic E-state index is -0.0112. The highest BCUT2D eigenvalue weighted by Crippen LogP contribution is 2.36. The molecule has 1 amide bonds. The Labute approximate surface area is 151 Å². The molecule has 1 aromatic heterocycles. The second-order valence-corrected chi connectivity index (χ2v) is 7.36. The molecule has 136 valence electrons. The van der Waals surface area contributed by atoms with Crippen molar-refractivity contribution in [1.29, 1.82) is 0 Å². The van der Waals surface area contributed by atoms with Crippen LogP contribution in [-0.2, 0) is 6.54 Å². The number of benzene rings is 1. The number of hydrogen-bond donors (Lipinski definition) is 0. The molecule has 1 atom stereocenters. The number of aromatic nitrogens is 3. The molecule has 1 unspecified atom stereocenters. The molecular formula is C19H22N4O3. The van der Waals surface area contributed by atoms with Gasteiger partial charge in [-0.3, -0.25) is 4.79 Å². The van der Waals surface area contributed by atoms with E-state index in [1.54, 1.807) is 6.07 Å². The van der Waals surface area contributed by atoms with Gasteiger partial charge in [-0.1, -0.05) is 0 Å². The van der Waals surface area contributed by atoms with E-state index in [1.165, 1.54) is 12.8 Å². The summed E-state index contributed by atoms with van der Waals surface area (Å²) in [5.74, 6) is 3.02. The van der Waals surface area contributed by atoms with Crippen molar-refractivity contribution in [1.82, 2.24) is 19.7 Å². The topological polar surface area (TPSA) is 69.5 Å². The fraction of sp³-hybridized carbons (Fsp3) is 0.526. The monoisotopic (exact) mass is 354 g/mol. The van der Waals surface area contributed by atoms with E-state index < -0.39 is 0 Å². The van der Waals surface area contributed by atoms with Crippen molar-refractivity contribution in [2.75, 3.05) is 13.3 Å². The number of carbonyl (C=O) groups is 1. The Morgan fingerprint density at radius 2 is 2.04 bits per heavy atom. The zero-order valence-corrected chi connectivity index (χ0v) is 14.6. The maximum atomic E-state index is 13.2. The minimum Gasteiger partial charge on any atom is -0.454 e. The summed E-state index contributed by atoms with van der Waals surface area (Å²) >= 11 is 0. The summed E-state index contributed by atoms with van der Waals surface area (Å²) in [4.78, 5) is 15.2. The van der Waals surface area contributed by atoms with Crippen molar-refractivity contribution >= 4 is 5.91 Å². The number of likely N-dealkylation sites (tertiary alicyclic amines) is 1. The van der Waals surface area contributed by atoms with Gasteiger partial charge in [-0.2, -0.15) is 0 Å². The molecule has 5 rings (SSSR count). The van der Waals surface area contributed by atoms with Crippen molar-refractivity contribution in [3.8, 4) is 11.5 Å². The Kier molecular flexibility index (Phi) is 3.80. The molecule has 7 heteroatoms. The molecule has 2 aromatic rings. The molecule has 1 aromatic carbocycles. The minimum absolute atomic E-state index is 0.0112. The molecule has 0 spiro atoms. The highest BCUT2D eigenvalue weighted by molar-refractivity contribution is 5.95. The lowest BCUT2D eigenvalue weighted by molar-refractivity contribution is 0.0593. The van der Waals surface area contributed by atoms with E-state index in [-0.39, 0.29) is 18.7 Å². The number of piperidine rings is 1. The van der Waals surface area contributed by atoms with E-state index in [0.717, 1.165) is 44.1 Å². The van der Waals surface area contributed by atoms with Crippen LogP contribution in [0.15, 0.2) is 24.5 Å². The van der Waals surface area contributed by atoms with Crippen LogP contribution in [0, 0.1) is 5.92 Å². The molecule has 1 saturated heterocycles. The smallest absolute Gasteiger partial charge is 0.254 e. The fourth-order valence-electron chi connectivity index (χ4n) is 3.88. The standard InChI is InChI=1S/C19H22N4O3/c24-19(14-6-7-16-17(9-14)26-12-25-16)23-8-2-1-3-15(23)18-21-20-11-22(18)10-13-4-5-13/h6-7,9,11,13,15H,1-5,8,10,12H2. The second-order valence-electron chi connectivity index (χ2n) is 7.36. The first-order valence-electron chi connectivity index (χ1n) is 9.38. The largest absolute Gasteiger partial charge is 0.454 e. The van der Waals surface area contributed by atoms with E-state index in [1.807, 2.05) is 23.4 Å². The third-order valence-corrected chi connectivity index (χ3v) is 5.48. The van der Waals surface area contributed by atoms with Crippen LogP contribution in [0.3, 0.4) is 0 Å². The fourth-order valence-corrected chi connectivity index (χ4v) is 3.88. The SMILES string of the molecule is O=C(c1ccc2c(c1)OCO2)N1CCCCC1c1nncn1CC1CC1. The van der Waals surface area contributed by atoms with E-state index in [2.05, 4.69) is 14.8 Å². The van der Waals surface area contributed by atoms with Gasteiger partial charge in [0.2, 0.25) is 6.79 Å². The molecule has 2 fully saturated rings. The summed E-state index contributed by atoms with van der Waals surface area (Å²) in [6, 6.07) is 5.40. The quantitative estimate of drug-likeness (QED) is 0.844. The second kappa shape index (κ2) is 6.30. The van der Waals surface area contributed by atoms with Crippen LogP contribution in [-0.4, -0.2) is 38.9 Å². The van der Waals surface area contributed by atoms with Crippen LogP contribution >= 0.6 is 0 Å². The normalized spacial score (nSPS) is 21.8. The van der Waals surface area contributed by atoms with Gasteiger partial charge in [-0.05, 0) is 56.2 Å². The van der Waals surface area contributed by atoms with Crippen LogP contribution in [0.1, 0.15) is 54.3 Å². The van der Waals surface area contributed by atoms with E-state index >= 15 is 0 Å². The Hall–Kier alpha value is -2.57. The van der Waals surface area contributed by atoms with Gasteiger partial charge in [0.05, 0.1) is 6.04 Å². The van der Waals surface area contributed by atoms with Crippen LogP contribution < -0.4 is 9.47 Å². The molecule has 3 aliphatic rings. The summed E-state index contributed by atoms with van der Waals surface area (Å²) < 4.78 is 12.9.